The van der Waals surface area contributed by atoms with Crippen LogP contribution in [-0.4, -0.2) is 93.8 Å². The second kappa shape index (κ2) is 20.7. The number of allylic oxidation sites excluding steroid dienone is 8. The number of ether oxygens (including phenoxy) is 2. The van der Waals surface area contributed by atoms with Crippen LogP contribution in [0.4, 0.5) is 0 Å². The van der Waals surface area contributed by atoms with Crippen molar-refractivity contribution in [3.8, 4) is 23.0 Å². The van der Waals surface area contributed by atoms with E-state index >= 15 is 0 Å². The second-order valence-corrected chi connectivity index (χ2v) is 20.9. The quantitative estimate of drug-likeness (QED) is 0.0540. The maximum absolute atomic E-state index is 14.0. The molecule has 4 heterocycles. The molecular formula is C51H69N2O13P. The first-order valence-corrected chi connectivity index (χ1v) is 24.9. The predicted octanol–water partition coefficient (Wildman–Crippen LogP) is 8.76. The van der Waals surface area contributed by atoms with Crippen LogP contribution in [0.25, 0.3) is 0 Å². The minimum atomic E-state index is -5.10. The number of nitrogens with zero attached hydrogens (tertiary/aromatic N) is 2. The van der Waals surface area contributed by atoms with E-state index in [1.807, 2.05) is 0 Å². The summed E-state index contributed by atoms with van der Waals surface area (Å²) in [6.45, 7) is 16.0. The molecule has 4 aliphatic rings. The number of hydrogen-bond donors (Lipinski definition) is 6. The number of carboxylic acid groups (broad SMARTS) is 1. The fraction of sp³-hybridized carbons (Fsp3) is 0.549. The summed E-state index contributed by atoms with van der Waals surface area (Å²) in [6.07, 6.45) is 12.6. The molecule has 0 bridgehead atoms. The number of rotatable bonds is 20. The van der Waals surface area contributed by atoms with Crippen LogP contribution in [0.15, 0.2) is 58.7 Å². The Morgan fingerprint density at radius 2 is 1.28 bits per heavy atom. The zero-order chi connectivity index (χ0) is 49.2. The summed E-state index contributed by atoms with van der Waals surface area (Å²) in [5.41, 5.74) is 4.53. The van der Waals surface area contributed by atoms with Crippen LogP contribution < -0.4 is 14.0 Å². The Morgan fingerprint density at radius 1 is 0.776 bits per heavy atom. The van der Waals surface area contributed by atoms with E-state index < -0.39 is 55.1 Å². The number of aromatic hydroxyl groups is 1. The van der Waals surface area contributed by atoms with Gasteiger partial charge < -0.3 is 44.2 Å². The van der Waals surface area contributed by atoms with Gasteiger partial charge in [-0.15, -0.1) is 0 Å². The number of phenolic OH excluding ortho intramolecular Hbond substituents is 1. The van der Waals surface area contributed by atoms with Crippen molar-refractivity contribution >= 4 is 25.6 Å². The van der Waals surface area contributed by atoms with Crippen LogP contribution in [0, 0.1) is 0 Å². The fourth-order valence-electron chi connectivity index (χ4n) is 9.59. The topological polar surface area (TPSA) is 224 Å². The maximum Gasteiger partial charge on any atom is 0.524 e. The van der Waals surface area contributed by atoms with E-state index in [0.717, 1.165) is 25.7 Å². The first-order chi connectivity index (χ1) is 31.4. The SMILES string of the molecule is CC(C)=CCC/C(C)=C/CC[C@@]1(C)Oc2c(c(O)cc3c2CN([C@@H](CCCN2Cc4c(cc(OP(=O)(O)O)c5c4O[C@](C)(CC/C=C(\C)CCC=C(C)C)[C@@H](O)C5)C2=O)C(=O)O)C3=O)C[C@@H]1O. The normalized spacial score (nSPS) is 22.9. The first-order valence-electron chi connectivity index (χ1n) is 23.4. The number of fused-ring (bicyclic) bond motifs is 6. The van der Waals surface area contributed by atoms with Gasteiger partial charge in [-0.3, -0.25) is 19.4 Å². The largest absolute Gasteiger partial charge is 0.524 e. The highest BCUT2D eigenvalue weighted by molar-refractivity contribution is 7.46. The summed E-state index contributed by atoms with van der Waals surface area (Å²) in [7, 11) is -5.10. The molecular weight excluding hydrogens is 880 g/mol. The minimum absolute atomic E-state index is 0.0351. The summed E-state index contributed by atoms with van der Waals surface area (Å²) in [6, 6.07) is 1.28. The Kier molecular flexibility index (Phi) is 15.9. The highest BCUT2D eigenvalue weighted by Crippen LogP contribution is 2.51. The summed E-state index contributed by atoms with van der Waals surface area (Å²) in [5.74, 6) is -2.29. The Hall–Kier alpha value is -4.92. The van der Waals surface area contributed by atoms with Gasteiger partial charge in [-0.1, -0.05) is 46.6 Å². The molecule has 16 heteroatoms. The molecule has 6 N–H and O–H groups in total. The van der Waals surface area contributed by atoms with Crippen molar-refractivity contribution in [3.05, 3.63) is 92.1 Å². The van der Waals surface area contributed by atoms with Crippen molar-refractivity contribution in [1.29, 1.82) is 0 Å². The monoisotopic (exact) mass is 948 g/mol. The number of phosphoric acid groups is 1. The van der Waals surface area contributed by atoms with Crippen molar-refractivity contribution in [2.45, 2.75) is 175 Å². The van der Waals surface area contributed by atoms with Crippen molar-refractivity contribution in [2.75, 3.05) is 6.54 Å². The van der Waals surface area contributed by atoms with Crippen LogP contribution in [-0.2, 0) is 35.3 Å². The number of benzene rings is 2. The molecule has 0 unspecified atom stereocenters. The van der Waals surface area contributed by atoms with Gasteiger partial charge in [0.25, 0.3) is 11.8 Å². The Morgan fingerprint density at radius 3 is 1.81 bits per heavy atom. The molecule has 0 spiro atoms. The summed E-state index contributed by atoms with van der Waals surface area (Å²) < 4.78 is 30.3. The molecule has 6 rings (SSSR count). The van der Waals surface area contributed by atoms with Crippen molar-refractivity contribution in [1.82, 2.24) is 9.80 Å². The van der Waals surface area contributed by atoms with Gasteiger partial charge in [-0.05, 0) is 132 Å². The van der Waals surface area contributed by atoms with Crippen LogP contribution in [0.3, 0.4) is 0 Å². The van der Waals surface area contributed by atoms with Crippen LogP contribution in [0.1, 0.15) is 163 Å². The number of phenols is 1. The van der Waals surface area contributed by atoms with E-state index in [-0.39, 0.29) is 85.0 Å². The molecule has 67 heavy (non-hydrogen) atoms. The van der Waals surface area contributed by atoms with E-state index in [1.54, 1.807) is 13.8 Å². The molecule has 2 aromatic carbocycles. The Bertz CT molecular complexity index is 2430. The maximum atomic E-state index is 14.0. The lowest BCUT2D eigenvalue weighted by Gasteiger charge is -2.41. The molecule has 0 fully saturated rings. The van der Waals surface area contributed by atoms with Crippen molar-refractivity contribution in [2.24, 2.45) is 0 Å². The molecule has 366 valence electrons. The number of amides is 2. The van der Waals surface area contributed by atoms with Gasteiger partial charge in [-0.25, -0.2) is 9.36 Å². The molecule has 4 aliphatic heterocycles. The number of hydrogen-bond acceptors (Lipinski definition) is 10. The lowest BCUT2D eigenvalue weighted by molar-refractivity contribution is -0.142. The molecule has 0 aromatic heterocycles. The summed E-state index contributed by atoms with van der Waals surface area (Å²) in [5, 5.41) is 44.3. The van der Waals surface area contributed by atoms with Crippen molar-refractivity contribution < 1.29 is 63.2 Å². The average molecular weight is 949 g/mol. The van der Waals surface area contributed by atoms with E-state index in [4.69, 9.17) is 14.0 Å². The summed E-state index contributed by atoms with van der Waals surface area (Å²) >= 11 is 0. The number of aliphatic hydroxyl groups excluding tert-OH is 2. The molecule has 0 saturated carbocycles. The van der Waals surface area contributed by atoms with Crippen LogP contribution in [0.2, 0.25) is 0 Å². The zero-order valence-corrected chi connectivity index (χ0v) is 41.1. The molecule has 5 atom stereocenters. The molecule has 0 saturated heterocycles. The van der Waals surface area contributed by atoms with Gasteiger partial charge in [0.15, 0.2) is 0 Å². The number of carbonyl (C=O) groups excluding carboxylic acids is 2. The lowest BCUT2D eigenvalue weighted by atomic mass is 9.84. The molecule has 0 aliphatic carbocycles. The van der Waals surface area contributed by atoms with Gasteiger partial charge in [0.05, 0.1) is 36.4 Å². The van der Waals surface area contributed by atoms with E-state index in [2.05, 4.69) is 65.8 Å². The number of carbonyl (C=O) groups is 3. The van der Waals surface area contributed by atoms with E-state index in [1.165, 1.54) is 44.2 Å². The van der Waals surface area contributed by atoms with Gasteiger partial charge >= 0.3 is 13.8 Å². The third kappa shape index (κ3) is 11.9. The number of carboxylic acids is 1. The second-order valence-electron chi connectivity index (χ2n) is 19.8. The lowest BCUT2D eigenvalue weighted by Crippen LogP contribution is -2.49. The average Bonchev–Trinajstić information content (AvgIpc) is 3.71. The highest BCUT2D eigenvalue weighted by Gasteiger charge is 2.47. The zero-order valence-electron chi connectivity index (χ0n) is 40.2. The van der Waals surface area contributed by atoms with E-state index in [0.29, 0.717) is 42.4 Å². The summed E-state index contributed by atoms with van der Waals surface area (Å²) in [4.78, 5) is 63.2. The minimum Gasteiger partial charge on any atom is -0.508 e. The van der Waals surface area contributed by atoms with Gasteiger partial charge in [0.2, 0.25) is 0 Å². The predicted molar refractivity (Wildman–Crippen MR) is 253 cm³/mol. The number of aliphatic carboxylic acids is 1. The molecule has 0 radical (unpaired) electrons. The van der Waals surface area contributed by atoms with Gasteiger partial charge in [0.1, 0.15) is 40.2 Å². The van der Waals surface area contributed by atoms with Crippen molar-refractivity contribution in [3.63, 3.8) is 0 Å². The first kappa shape index (κ1) is 51.5. The van der Waals surface area contributed by atoms with E-state index in [9.17, 15) is 49.2 Å². The standard InChI is InChI=1S/C51H69N2O13P/c1-30(2)14-9-16-32(5)18-11-21-50(7)43(55)26-36-41(54)24-34-39(45(36)64-50)29-53(48(34)58)40(49(59)60)20-13-23-52-28-38-35(47(52)57)25-42(66-67(61,62)63)37-27-44(56)51(8,65-46(37)38)22-12-19-33(6)17-10-15-31(3)4/h14-15,18-19,24-25,40,43-44,54-56H,9-13,16-17,20-23,26-29H2,1-8H3,(H,59,60)(H2,61,62,63)/b32-18+,33-19+/t40-,43-,44-,50+,51+/m0/s1. The molecule has 15 nitrogen and oxygen atoms in total. The number of phosphoric ester groups is 1. The Labute approximate surface area is 394 Å². The fourth-order valence-corrected chi connectivity index (χ4v) is 10.0. The van der Waals surface area contributed by atoms with Gasteiger partial charge in [0, 0.05) is 41.6 Å². The third-order valence-corrected chi connectivity index (χ3v) is 14.1. The molecule has 2 aromatic rings. The van der Waals surface area contributed by atoms with Crippen LogP contribution >= 0.6 is 7.82 Å². The third-order valence-electron chi connectivity index (χ3n) is 13.7. The smallest absolute Gasteiger partial charge is 0.508 e. The Balaban J connectivity index is 1.16. The number of aliphatic hydroxyl groups is 2. The van der Waals surface area contributed by atoms with Gasteiger partial charge in [-0.2, -0.15) is 0 Å². The van der Waals surface area contributed by atoms with Crippen LogP contribution in [0.5, 0.6) is 23.0 Å². The molecule has 2 amide bonds. The highest BCUT2D eigenvalue weighted by atomic mass is 31.2.